The molecule has 9 heteroatoms. The number of carbonyl (C=O) groups excluding carboxylic acids is 2. The van der Waals surface area contributed by atoms with Gasteiger partial charge in [-0.3, -0.25) is 9.59 Å². The number of hydrogen-bond donors (Lipinski definition) is 1. The highest BCUT2D eigenvalue weighted by Gasteiger charge is 2.33. The molecule has 0 fully saturated rings. The second-order valence-electron chi connectivity index (χ2n) is 9.49. The summed E-state index contributed by atoms with van der Waals surface area (Å²) in [6.45, 7) is 7.97. The Bertz CT molecular complexity index is 1200. The summed E-state index contributed by atoms with van der Waals surface area (Å²) < 4.78 is 0. The zero-order valence-corrected chi connectivity index (χ0v) is 23.7. The number of aryl methyl sites for hydroxylation is 2. The summed E-state index contributed by atoms with van der Waals surface area (Å²) in [5.74, 6) is -0.410. The molecule has 37 heavy (non-hydrogen) atoms. The number of benzene rings is 2. The van der Waals surface area contributed by atoms with E-state index in [0.29, 0.717) is 15.9 Å². The van der Waals surface area contributed by atoms with Gasteiger partial charge in [0, 0.05) is 48.4 Å². The van der Waals surface area contributed by atoms with E-state index >= 15 is 0 Å². The SMILES string of the molecule is Cc1cc(C)nc(SCC(=O)N(Cc2ccc(Cl)cc2)[C@H](C(=O)Nc2ccc(N(C)C)cc2)C(C)C)n1. The quantitative estimate of drug-likeness (QED) is 0.267. The van der Waals surface area contributed by atoms with Crippen molar-refractivity contribution in [3.05, 3.63) is 76.6 Å². The predicted molar refractivity (Wildman–Crippen MR) is 152 cm³/mol. The van der Waals surface area contributed by atoms with Crippen LogP contribution in [0.25, 0.3) is 0 Å². The highest BCUT2D eigenvalue weighted by Crippen LogP contribution is 2.23. The third kappa shape index (κ3) is 8.20. The van der Waals surface area contributed by atoms with Crippen LogP contribution in [0.15, 0.2) is 59.8 Å². The monoisotopic (exact) mass is 539 g/mol. The van der Waals surface area contributed by atoms with Gasteiger partial charge in [-0.25, -0.2) is 9.97 Å². The molecule has 0 saturated carbocycles. The van der Waals surface area contributed by atoms with Gasteiger partial charge >= 0.3 is 0 Å². The van der Waals surface area contributed by atoms with Crippen molar-refractivity contribution in [2.45, 2.75) is 45.4 Å². The normalized spacial score (nSPS) is 11.8. The second-order valence-corrected chi connectivity index (χ2v) is 10.9. The van der Waals surface area contributed by atoms with Crippen molar-refractivity contribution in [2.75, 3.05) is 30.1 Å². The van der Waals surface area contributed by atoms with Crippen LogP contribution < -0.4 is 10.2 Å². The molecule has 3 rings (SSSR count). The largest absolute Gasteiger partial charge is 0.378 e. The number of nitrogens with zero attached hydrogens (tertiary/aromatic N) is 4. The zero-order chi connectivity index (χ0) is 27.1. The van der Waals surface area contributed by atoms with Crippen molar-refractivity contribution < 1.29 is 9.59 Å². The molecule has 1 aromatic heterocycles. The lowest BCUT2D eigenvalue weighted by molar-refractivity contribution is -0.138. The smallest absolute Gasteiger partial charge is 0.247 e. The van der Waals surface area contributed by atoms with E-state index in [2.05, 4.69) is 15.3 Å². The molecule has 0 spiro atoms. The summed E-state index contributed by atoms with van der Waals surface area (Å²) >= 11 is 7.35. The molecule has 0 unspecified atom stereocenters. The van der Waals surface area contributed by atoms with Gasteiger partial charge in [-0.2, -0.15) is 0 Å². The maximum atomic E-state index is 13.6. The van der Waals surface area contributed by atoms with Gasteiger partial charge in [0.15, 0.2) is 5.16 Å². The Morgan fingerprint density at radius 2 is 1.57 bits per heavy atom. The fourth-order valence-electron chi connectivity index (χ4n) is 3.96. The Balaban J connectivity index is 1.85. The highest BCUT2D eigenvalue weighted by atomic mass is 35.5. The van der Waals surface area contributed by atoms with Crippen LogP contribution in [0, 0.1) is 19.8 Å². The molecular weight excluding hydrogens is 506 g/mol. The molecule has 0 radical (unpaired) electrons. The molecule has 0 aliphatic heterocycles. The van der Waals surface area contributed by atoms with Crippen LogP contribution in [0.4, 0.5) is 11.4 Å². The van der Waals surface area contributed by atoms with Gasteiger partial charge in [0.25, 0.3) is 0 Å². The van der Waals surface area contributed by atoms with Crippen LogP contribution >= 0.6 is 23.4 Å². The molecular formula is C28H34ClN5O2S. The minimum Gasteiger partial charge on any atom is -0.378 e. The molecule has 1 atom stereocenters. The topological polar surface area (TPSA) is 78.4 Å². The number of aromatic nitrogens is 2. The van der Waals surface area contributed by atoms with Gasteiger partial charge in [0.2, 0.25) is 11.8 Å². The van der Waals surface area contributed by atoms with Gasteiger partial charge in [0.1, 0.15) is 6.04 Å². The Labute approximate surface area is 228 Å². The van der Waals surface area contributed by atoms with E-state index < -0.39 is 6.04 Å². The molecule has 0 saturated heterocycles. The molecule has 2 aromatic carbocycles. The summed E-state index contributed by atoms with van der Waals surface area (Å²) in [6.07, 6.45) is 0. The Morgan fingerprint density at radius 1 is 0.973 bits per heavy atom. The first-order chi connectivity index (χ1) is 17.5. The number of amides is 2. The van der Waals surface area contributed by atoms with Gasteiger partial charge in [-0.05, 0) is 67.8 Å². The van der Waals surface area contributed by atoms with Crippen molar-refractivity contribution in [3.8, 4) is 0 Å². The molecule has 1 N–H and O–H groups in total. The summed E-state index contributed by atoms with van der Waals surface area (Å²) in [6, 6.07) is 16.1. The Hall–Kier alpha value is -3.10. The first-order valence-electron chi connectivity index (χ1n) is 12.1. The van der Waals surface area contributed by atoms with Crippen LogP contribution in [0.3, 0.4) is 0 Å². The zero-order valence-electron chi connectivity index (χ0n) is 22.2. The molecule has 0 aliphatic rings. The average molecular weight is 540 g/mol. The van der Waals surface area contributed by atoms with E-state index in [1.54, 1.807) is 17.0 Å². The van der Waals surface area contributed by atoms with Crippen LogP contribution in [-0.2, 0) is 16.1 Å². The van der Waals surface area contributed by atoms with Crippen LogP contribution in [0.5, 0.6) is 0 Å². The highest BCUT2D eigenvalue weighted by molar-refractivity contribution is 7.99. The summed E-state index contributed by atoms with van der Waals surface area (Å²) in [5, 5.41) is 4.16. The fraction of sp³-hybridized carbons (Fsp3) is 0.357. The van der Waals surface area contributed by atoms with Crippen molar-refractivity contribution >= 4 is 46.6 Å². The molecule has 196 valence electrons. The first-order valence-corrected chi connectivity index (χ1v) is 13.5. The Kier molecular flexibility index (Phi) is 9.94. The lowest BCUT2D eigenvalue weighted by atomic mass is 10.00. The van der Waals surface area contributed by atoms with E-state index in [4.69, 9.17) is 11.6 Å². The minimum absolute atomic E-state index is 0.116. The van der Waals surface area contributed by atoms with Crippen molar-refractivity contribution in [2.24, 2.45) is 5.92 Å². The number of rotatable bonds is 10. The van der Waals surface area contributed by atoms with E-state index in [1.165, 1.54) is 11.8 Å². The van der Waals surface area contributed by atoms with Gasteiger partial charge in [0.05, 0.1) is 5.75 Å². The van der Waals surface area contributed by atoms with Gasteiger partial charge < -0.3 is 15.1 Å². The third-order valence-corrected chi connectivity index (χ3v) is 6.84. The summed E-state index contributed by atoms with van der Waals surface area (Å²) in [5.41, 5.74) is 4.29. The fourth-order valence-corrected chi connectivity index (χ4v) is 4.92. The summed E-state index contributed by atoms with van der Waals surface area (Å²) in [4.78, 5) is 39.7. The van der Waals surface area contributed by atoms with Crippen molar-refractivity contribution in [3.63, 3.8) is 0 Å². The van der Waals surface area contributed by atoms with Crippen LogP contribution in [-0.4, -0.2) is 52.6 Å². The number of carbonyl (C=O) groups is 2. The van der Waals surface area contributed by atoms with E-state index in [9.17, 15) is 9.59 Å². The number of hydrogen-bond acceptors (Lipinski definition) is 6. The second kappa shape index (κ2) is 12.9. The van der Waals surface area contributed by atoms with Gasteiger partial charge in [-0.1, -0.05) is 49.3 Å². The van der Waals surface area contributed by atoms with E-state index in [-0.39, 0.29) is 30.0 Å². The Morgan fingerprint density at radius 3 is 2.11 bits per heavy atom. The number of nitrogens with one attached hydrogen (secondary N) is 1. The number of anilines is 2. The maximum absolute atomic E-state index is 13.6. The molecule has 0 bridgehead atoms. The number of halogens is 1. The lowest BCUT2D eigenvalue weighted by Crippen LogP contribution is -2.50. The average Bonchev–Trinajstić information content (AvgIpc) is 2.83. The first kappa shape index (κ1) is 28.5. The summed E-state index contributed by atoms with van der Waals surface area (Å²) in [7, 11) is 3.92. The standard InChI is InChI=1S/C28H34ClN5O2S/c1-18(2)26(27(36)32-23-11-13-24(14-12-23)33(5)6)34(16-21-7-9-22(29)10-8-21)25(35)17-37-28-30-19(3)15-20(4)31-28/h7-15,18,26H,16-17H2,1-6H3,(H,32,36)/t26-/m0/s1. The van der Waals surface area contributed by atoms with Crippen molar-refractivity contribution in [1.29, 1.82) is 0 Å². The van der Waals surface area contributed by atoms with E-state index in [0.717, 1.165) is 22.6 Å². The molecule has 3 aromatic rings. The third-order valence-electron chi connectivity index (χ3n) is 5.76. The maximum Gasteiger partial charge on any atom is 0.247 e. The lowest BCUT2D eigenvalue weighted by Gasteiger charge is -2.33. The van der Waals surface area contributed by atoms with Crippen LogP contribution in [0.1, 0.15) is 30.8 Å². The molecule has 7 nitrogen and oxygen atoms in total. The minimum atomic E-state index is -0.683. The number of thioether (sulfide) groups is 1. The predicted octanol–water partition coefficient (Wildman–Crippen LogP) is 5.60. The molecule has 1 heterocycles. The van der Waals surface area contributed by atoms with E-state index in [1.807, 2.05) is 89.2 Å². The molecule has 2 amide bonds. The van der Waals surface area contributed by atoms with Crippen molar-refractivity contribution in [1.82, 2.24) is 14.9 Å². The van der Waals surface area contributed by atoms with Gasteiger partial charge in [-0.15, -0.1) is 0 Å². The molecule has 0 aliphatic carbocycles. The van der Waals surface area contributed by atoms with Crippen LogP contribution in [0.2, 0.25) is 5.02 Å².